The monoisotopic (exact) mass is 448 g/mol. The van der Waals surface area contributed by atoms with Gasteiger partial charge in [0.15, 0.2) is 0 Å². The van der Waals surface area contributed by atoms with Crippen molar-refractivity contribution in [3.63, 3.8) is 0 Å². The Kier molecular flexibility index (Phi) is 5.85. The maximum Gasteiger partial charge on any atom is 0.309 e. The third kappa shape index (κ3) is 4.72. The predicted octanol–water partition coefficient (Wildman–Crippen LogP) is 4.57. The van der Waals surface area contributed by atoms with Gasteiger partial charge < -0.3 is 18.9 Å². The third-order valence-electron chi connectivity index (χ3n) is 9.10. The van der Waals surface area contributed by atoms with E-state index in [4.69, 9.17) is 18.9 Å². The van der Waals surface area contributed by atoms with Gasteiger partial charge in [-0.3, -0.25) is 9.59 Å². The highest BCUT2D eigenvalue weighted by Crippen LogP contribution is 2.46. The van der Waals surface area contributed by atoms with Gasteiger partial charge in [-0.15, -0.1) is 0 Å². The zero-order valence-electron chi connectivity index (χ0n) is 20.1. The van der Waals surface area contributed by atoms with Crippen LogP contribution in [-0.4, -0.2) is 47.6 Å². The zero-order valence-corrected chi connectivity index (χ0v) is 20.1. The van der Waals surface area contributed by atoms with Crippen LogP contribution in [0.3, 0.4) is 0 Å². The van der Waals surface area contributed by atoms with E-state index in [2.05, 4.69) is 0 Å². The summed E-state index contributed by atoms with van der Waals surface area (Å²) in [6, 6.07) is 0. The molecule has 6 nitrogen and oxygen atoms in total. The molecule has 6 atom stereocenters. The molecule has 6 unspecified atom stereocenters. The molecular formula is C26H40O6. The number of hydrogen-bond acceptors (Lipinski definition) is 6. The number of carbonyl (C=O) groups excluding carboxylic acids is 2. The first-order valence-electron chi connectivity index (χ1n) is 12.9. The van der Waals surface area contributed by atoms with Crippen LogP contribution in [0.15, 0.2) is 0 Å². The van der Waals surface area contributed by atoms with E-state index in [0.29, 0.717) is 61.9 Å². The van der Waals surface area contributed by atoms with Crippen LogP contribution < -0.4 is 0 Å². The van der Waals surface area contributed by atoms with E-state index in [9.17, 15) is 9.59 Å². The van der Waals surface area contributed by atoms with Gasteiger partial charge in [0.2, 0.25) is 0 Å². The van der Waals surface area contributed by atoms with Crippen molar-refractivity contribution in [1.29, 1.82) is 0 Å². The minimum Gasteiger partial charge on any atom is -0.459 e. The zero-order chi connectivity index (χ0) is 22.7. The number of ether oxygens (including phenoxy) is 4. The maximum absolute atomic E-state index is 12.9. The summed E-state index contributed by atoms with van der Waals surface area (Å²) in [7, 11) is 0. The van der Waals surface area contributed by atoms with Crippen LogP contribution in [0.25, 0.3) is 0 Å². The summed E-state index contributed by atoms with van der Waals surface area (Å²) in [5.41, 5.74) is -0.920. The molecule has 0 radical (unpaired) electrons. The van der Waals surface area contributed by atoms with Crippen LogP contribution in [0.5, 0.6) is 0 Å². The second kappa shape index (κ2) is 8.26. The smallest absolute Gasteiger partial charge is 0.309 e. The molecule has 0 spiro atoms. The molecule has 6 heteroatoms. The number of fused-ring (bicyclic) bond motifs is 2. The fraction of sp³-hybridized carbons (Fsp3) is 0.923. The lowest BCUT2D eigenvalue weighted by Crippen LogP contribution is -2.42. The van der Waals surface area contributed by atoms with Gasteiger partial charge in [-0.05, 0) is 91.9 Å². The largest absolute Gasteiger partial charge is 0.459 e. The predicted molar refractivity (Wildman–Crippen MR) is 118 cm³/mol. The van der Waals surface area contributed by atoms with Crippen molar-refractivity contribution in [3.05, 3.63) is 0 Å². The molecule has 3 aliphatic carbocycles. The molecule has 0 N–H and O–H groups in total. The van der Waals surface area contributed by atoms with Crippen molar-refractivity contribution in [2.24, 2.45) is 23.7 Å². The van der Waals surface area contributed by atoms with Crippen molar-refractivity contribution in [1.82, 2.24) is 0 Å². The van der Waals surface area contributed by atoms with Gasteiger partial charge in [0.1, 0.15) is 11.2 Å². The molecule has 3 saturated carbocycles. The molecule has 0 aromatic carbocycles. The van der Waals surface area contributed by atoms with Gasteiger partial charge in [0.25, 0.3) is 0 Å². The Morgan fingerprint density at radius 2 is 0.969 bits per heavy atom. The molecule has 2 heterocycles. The van der Waals surface area contributed by atoms with Crippen molar-refractivity contribution in [2.75, 3.05) is 0 Å². The standard InChI is InChI=1S/C26H40O6/c1-25(2,17-9-11-19-21(13-17)29-19)31-23(27)15-5-7-16(8-6-15)24(28)32-26(3,4)18-10-12-20-22(14-18)30-20/h15-22H,5-14H2,1-4H3. The van der Waals surface area contributed by atoms with Crippen LogP contribution in [0, 0.1) is 23.7 Å². The summed E-state index contributed by atoms with van der Waals surface area (Å²) in [6.45, 7) is 8.18. The van der Waals surface area contributed by atoms with E-state index in [1.165, 1.54) is 0 Å². The van der Waals surface area contributed by atoms with Crippen LogP contribution in [0.1, 0.15) is 91.9 Å². The summed E-state index contributed by atoms with van der Waals surface area (Å²) < 4.78 is 23.4. The molecular weight excluding hydrogens is 408 g/mol. The summed E-state index contributed by atoms with van der Waals surface area (Å²) in [5.74, 6) is 0.313. The van der Waals surface area contributed by atoms with E-state index in [0.717, 1.165) is 38.5 Å². The molecule has 5 fully saturated rings. The molecule has 0 amide bonds. The number of esters is 2. The first-order chi connectivity index (χ1) is 15.1. The molecule has 32 heavy (non-hydrogen) atoms. The Hall–Kier alpha value is -1.14. The second-order valence-corrected chi connectivity index (χ2v) is 12.0. The molecule has 0 aromatic heterocycles. The number of epoxide rings is 2. The van der Waals surface area contributed by atoms with Crippen molar-refractivity contribution < 1.29 is 28.5 Å². The van der Waals surface area contributed by atoms with E-state index in [1.54, 1.807) is 0 Å². The van der Waals surface area contributed by atoms with Crippen molar-refractivity contribution >= 4 is 11.9 Å². The molecule has 2 saturated heterocycles. The lowest BCUT2D eigenvalue weighted by molar-refractivity contribution is -0.175. The summed E-state index contributed by atoms with van der Waals surface area (Å²) in [6.07, 6.45) is 10.7. The highest BCUT2D eigenvalue weighted by Gasteiger charge is 2.50. The molecule has 0 bridgehead atoms. The van der Waals surface area contributed by atoms with Gasteiger partial charge in [0.05, 0.1) is 36.3 Å². The minimum absolute atomic E-state index is 0.0952. The Bertz CT molecular complexity index is 675. The maximum atomic E-state index is 12.9. The minimum atomic E-state index is -0.460. The molecule has 5 rings (SSSR count). The van der Waals surface area contributed by atoms with E-state index < -0.39 is 11.2 Å². The first-order valence-corrected chi connectivity index (χ1v) is 12.9. The van der Waals surface area contributed by atoms with Crippen molar-refractivity contribution in [2.45, 2.75) is 128 Å². The third-order valence-corrected chi connectivity index (χ3v) is 9.10. The summed E-state index contributed by atoms with van der Waals surface area (Å²) in [5, 5.41) is 0. The van der Waals surface area contributed by atoms with Crippen LogP contribution in [-0.2, 0) is 28.5 Å². The molecule has 2 aliphatic heterocycles. The average Bonchev–Trinajstić information content (AvgIpc) is 3.66. The quantitative estimate of drug-likeness (QED) is 0.437. The fourth-order valence-corrected chi connectivity index (χ4v) is 6.49. The lowest BCUT2D eigenvalue weighted by atomic mass is 9.78. The van der Waals surface area contributed by atoms with Crippen LogP contribution in [0.2, 0.25) is 0 Å². The van der Waals surface area contributed by atoms with Crippen LogP contribution in [0.4, 0.5) is 0 Å². The number of rotatable bonds is 6. The Morgan fingerprint density at radius 1 is 0.594 bits per heavy atom. The highest BCUT2D eigenvalue weighted by molar-refractivity contribution is 5.75. The van der Waals surface area contributed by atoms with Crippen LogP contribution >= 0.6 is 0 Å². The van der Waals surface area contributed by atoms with Gasteiger partial charge in [-0.1, -0.05) is 0 Å². The van der Waals surface area contributed by atoms with E-state index >= 15 is 0 Å². The first kappa shape index (κ1) is 22.6. The van der Waals surface area contributed by atoms with E-state index in [1.807, 2.05) is 27.7 Å². The van der Waals surface area contributed by atoms with Gasteiger partial charge in [-0.25, -0.2) is 0 Å². The number of carbonyl (C=O) groups is 2. The Labute approximate surface area is 192 Å². The van der Waals surface area contributed by atoms with Gasteiger partial charge in [0, 0.05) is 11.8 Å². The normalized spacial score (nSPS) is 41.1. The molecule has 5 aliphatic rings. The molecule has 180 valence electrons. The Morgan fingerprint density at radius 3 is 1.31 bits per heavy atom. The second-order valence-electron chi connectivity index (χ2n) is 12.0. The van der Waals surface area contributed by atoms with E-state index in [-0.39, 0.29) is 23.8 Å². The summed E-state index contributed by atoms with van der Waals surface area (Å²) >= 11 is 0. The molecule has 0 aromatic rings. The summed E-state index contributed by atoms with van der Waals surface area (Å²) in [4.78, 5) is 25.8. The van der Waals surface area contributed by atoms with Gasteiger partial charge >= 0.3 is 11.9 Å². The number of hydrogen-bond donors (Lipinski definition) is 0. The topological polar surface area (TPSA) is 77.7 Å². The lowest BCUT2D eigenvalue weighted by Gasteiger charge is -2.38. The Balaban J connectivity index is 1.08. The van der Waals surface area contributed by atoms with Crippen molar-refractivity contribution in [3.8, 4) is 0 Å². The fourth-order valence-electron chi connectivity index (χ4n) is 6.49. The average molecular weight is 449 g/mol. The SMILES string of the molecule is CC(C)(OC(=O)C1CCC(C(=O)OC(C)(C)C2CCC3OC3C2)CC1)C1CCC2OC2C1. The highest BCUT2D eigenvalue weighted by atomic mass is 16.6. The van der Waals surface area contributed by atoms with Gasteiger partial charge in [-0.2, -0.15) is 0 Å².